The van der Waals surface area contributed by atoms with Crippen molar-refractivity contribution >= 4 is 15.9 Å². The second-order valence-corrected chi connectivity index (χ2v) is 9.37. The summed E-state index contributed by atoms with van der Waals surface area (Å²) in [6.07, 6.45) is 1.92. The zero-order valence-corrected chi connectivity index (χ0v) is 17.2. The first-order valence-electron chi connectivity index (χ1n) is 9.48. The quantitative estimate of drug-likeness (QED) is 0.722. The van der Waals surface area contributed by atoms with Gasteiger partial charge in [-0.05, 0) is 42.2 Å². The molecule has 1 amide bonds. The molecule has 0 fully saturated rings. The average molecular weight is 402 g/mol. The topological polar surface area (TPSA) is 69.7 Å². The van der Waals surface area contributed by atoms with Crippen molar-refractivity contribution in [2.45, 2.75) is 24.3 Å². The molecule has 1 heterocycles. The molecule has 0 aromatic heterocycles. The molecule has 0 unspecified atom stereocenters. The summed E-state index contributed by atoms with van der Waals surface area (Å²) in [5, 5.41) is 2.89. The third kappa shape index (κ3) is 4.79. The monoisotopic (exact) mass is 401 g/mol. The van der Waals surface area contributed by atoms with Gasteiger partial charge in [0.05, 0.1) is 4.90 Å². The fraction of sp³-hybridized carbons (Fsp3) is 0.381. The van der Waals surface area contributed by atoms with Crippen molar-refractivity contribution in [1.82, 2.24) is 14.5 Å². The Balaban J connectivity index is 1.49. The number of rotatable bonds is 7. The minimum absolute atomic E-state index is 0.122. The Morgan fingerprint density at radius 3 is 2.61 bits per heavy atom. The van der Waals surface area contributed by atoms with Crippen LogP contribution >= 0.6 is 0 Å². The summed E-state index contributed by atoms with van der Waals surface area (Å²) in [5.41, 5.74) is 3.17. The molecule has 0 aliphatic carbocycles. The highest BCUT2D eigenvalue weighted by Gasteiger charge is 2.19. The number of hydrogen-bond acceptors (Lipinski definition) is 4. The third-order valence-electron chi connectivity index (χ3n) is 5.02. The van der Waals surface area contributed by atoms with Gasteiger partial charge in [0.2, 0.25) is 10.0 Å². The van der Waals surface area contributed by atoms with Crippen LogP contribution in [0, 0.1) is 0 Å². The van der Waals surface area contributed by atoms with Crippen LogP contribution in [-0.2, 0) is 23.0 Å². The van der Waals surface area contributed by atoms with Gasteiger partial charge in [0.1, 0.15) is 0 Å². The van der Waals surface area contributed by atoms with Crippen LogP contribution in [0.2, 0.25) is 0 Å². The van der Waals surface area contributed by atoms with Crippen LogP contribution in [0.4, 0.5) is 0 Å². The van der Waals surface area contributed by atoms with Gasteiger partial charge in [0.25, 0.3) is 5.91 Å². The first-order chi connectivity index (χ1) is 13.4. The van der Waals surface area contributed by atoms with Gasteiger partial charge in [-0.25, -0.2) is 12.7 Å². The van der Waals surface area contributed by atoms with Gasteiger partial charge in [0.15, 0.2) is 0 Å². The maximum absolute atomic E-state index is 12.4. The number of amides is 1. The molecule has 0 radical (unpaired) electrons. The lowest BCUT2D eigenvalue weighted by Gasteiger charge is -2.28. The third-order valence-corrected chi connectivity index (χ3v) is 6.83. The number of nitrogens with zero attached hydrogens (tertiary/aromatic N) is 2. The van der Waals surface area contributed by atoms with E-state index in [2.05, 4.69) is 34.5 Å². The standard InChI is InChI=1S/C21H27N3O3S/c1-23(2)28(26,27)20-10-5-9-18(15-20)21(25)22-12-6-13-24-14-11-17-7-3-4-8-19(17)16-24/h3-5,7-10,15H,6,11-14,16H2,1-2H3,(H,22,25). The molecule has 150 valence electrons. The van der Waals surface area contributed by atoms with Crippen molar-refractivity contribution < 1.29 is 13.2 Å². The first-order valence-corrected chi connectivity index (χ1v) is 10.9. The molecule has 0 bridgehead atoms. The number of hydrogen-bond donors (Lipinski definition) is 1. The van der Waals surface area contributed by atoms with Gasteiger partial charge in [-0.15, -0.1) is 0 Å². The zero-order valence-electron chi connectivity index (χ0n) is 16.4. The SMILES string of the molecule is CN(C)S(=O)(=O)c1cccc(C(=O)NCCCN2CCc3ccccc3C2)c1. The summed E-state index contributed by atoms with van der Waals surface area (Å²) < 4.78 is 25.6. The van der Waals surface area contributed by atoms with Crippen LogP contribution < -0.4 is 5.32 Å². The average Bonchev–Trinajstić information content (AvgIpc) is 2.71. The molecule has 1 N–H and O–H groups in total. The molecule has 1 aliphatic rings. The van der Waals surface area contributed by atoms with E-state index in [0.29, 0.717) is 12.1 Å². The fourth-order valence-electron chi connectivity index (χ4n) is 3.36. The number of benzene rings is 2. The summed E-state index contributed by atoms with van der Waals surface area (Å²) in [6, 6.07) is 14.7. The summed E-state index contributed by atoms with van der Waals surface area (Å²) in [5.74, 6) is -0.250. The summed E-state index contributed by atoms with van der Waals surface area (Å²) >= 11 is 0. The van der Waals surface area contributed by atoms with Crippen molar-refractivity contribution in [3.05, 3.63) is 65.2 Å². The van der Waals surface area contributed by atoms with E-state index in [4.69, 9.17) is 0 Å². The van der Waals surface area contributed by atoms with Gasteiger partial charge in [-0.1, -0.05) is 30.3 Å². The molecule has 0 saturated carbocycles. The van der Waals surface area contributed by atoms with Crippen LogP contribution in [0.5, 0.6) is 0 Å². The van der Waals surface area contributed by atoms with Gasteiger partial charge in [-0.3, -0.25) is 9.69 Å². The molecule has 0 spiro atoms. The molecule has 2 aromatic rings. The predicted molar refractivity (Wildman–Crippen MR) is 110 cm³/mol. The van der Waals surface area contributed by atoms with E-state index in [-0.39, 0.29) is 10.8 Å². The van der Waals surface area contributed by atoms with Crippen LogP contribution in [0.3, 0.4) is 0 Å². The van der Waals surface area contributed by atoms with Crippen LogP contribution in [0.15, 0.2) is 53.4 Å². The van der Waals surface area contributed by atoms with Crippen molar-refractivity contribution in [3.63, 3.8) is 0 Å². The molecule has 3 rings (SSSR count). The van der Waals surface area contributed by atoms with Crippen molar-refractivity contribution in [3.8, 4) is 0 Å². The normalized spacial score (nSPS) is 14.7. The Morgan fingerprint density at radius 1 is 1.11 bits per heavy atom. The lowest BCUT2D eigenvalue weighted by Crippen LogP contribution is -2.33. The second kappa shape index (κ2) is 8.86. The first kappa shape index (κ1) is 20.5. The molecule has 28 heavy (non-hydrogen) atoms. The van der Waals surface area contributed by atoms with E-state index in [1.807, 2.05) is 0 Å². The van der Waals surface area contributed by atoms with E-state index in [9.17, 15) is 13.2 Å². The Hall–Kier alpha value is -2.22. The van der Waals surface area contributed by atoms with Crippen molar-refractivity contribution in [2.75, 3.05) is 33.7 Å². The maximum Gasteiger partial charge on any atom is 0.251 e. The molecule has 7 heteroatoms. The van der Waals surface area contributed by atoms with Crippen molar-refractivity contribution in [1.29, 1.82) is 0 Å². The highest BCUT2D eigenvalue weighted by molar-refractivity contribution is 7.89. The molecule has 0 atom stereocenters. The van der Waals surface area contributed by atoms with E-state index in [1.54, 1.807) is 12.1 Å². The Bertz CT molecular complexity index is 941. The van der Waals surface area contributed by atoms with Gasteiger partial charge in [0, 0.05) is 45.8 Å². The molecule has 0 saturated heterocycles. The predicted octanol–water partition coefficient (Wildman–Crippen LogP) is 2.12. The summed E-state index contributed by atoms with van der Waals surface area (Å²) in [4.78, 5) is 14.9. The minimum atomic E-state index is -3.55. The molecule has 6 nitrogen and oxygen atoms in total. The molecule has 1 aliphatic heterocycles. The van der Waals surface area contributed by atoms with E-state index < -0.39 is 10.0 Å². The molecular weight excluding hydrogens is 374 g/mol. The highest BCUT2D eigenvalue weighted by Crippen LogP contribution is 2.18. The summed E-state index contributed by atoms with van der Waals surface area (Å²) in [7, 11) is -0.604. The number of carbonyl (C=O) groups is 1. The highest BCUT2D eigenvalue weighted by atomic mass is 32.2. The zero-order chi connectivity index (χ0) is 20.1. The van der Waals surface area contributed by atoms with Gasteiger partial charge in [-0.2, -0.15) is 0 Å². The van der Waals surface area contributed by atoms with Crippen LogP contribution in [0.1, 0.15) is 27.9 Å². The number of fused-ring (bicyclic) bond motifs is 1. The number of carbonyl (C=O) groups excluding carboxylic acids is 1. The van der Waals surface area contributed by atoms with E-state index >= 15 is 0 Å². The Kier molecular flexibility index (Phi) is 6.49. The number of sulfonamides is 1. The van der Waals surface area contributed by atoms with Gasteiger partial charge < -0.3 is 5.32 Å². The largest absolute Gasteiger partial charge is 0.352 e. The van der Waals surface area contributed by atoms with Crippen LogP contribution in [-0.4, -0.2) is 57.3 Å². The minimum Gasteiger partial charge on any atom is -0.352 e. The van der Waals surface area contributed by atoms with E-state index in [1.165, 1.54) is 37.4 Å². The van der Waals surface area contributed by atoms with Crippen molar-refractivity contribution in [2.24, 2.45) is 0 Å². The lowest BCUT2D eigenvalue weighted by molar-refractivity contribution is 0.0951. The Morgan fingerprint density at radius 2 is 1.86 bits per heavy atom. The fourth-order valence-corrected chi connectivity index (χ4v) is 4.31. The smallest absolute Gasteiger partial charge is 0.251 e. The van der Waals surface area contributed by atoms with Gasteiger partial charge >= 0.3 is 0 Å². The lowest BCUT2D eigenvalue weighted by atomic mass is 10.00. The van der Waals surface area contributed by atoms with Crippen LogP contribution in [0.25, 0.3) is 0 Å². The number of nitrogens with one attached hydrogen (secondary N) is 1. The summed E-state index contributed by atoms with van der Waals surface area (Å²) in [6.45, 7) is 3.47. The van der Waals surface area contributed by atoms with E-state index in [0.717, 1.165) is 36.8 Å². The maximum atomic E-state index is 12.4. The molecule has 2 aromatic carbocycles. The Labute approximate surface area is 167 Å². The molecular formula is C21H27N3O3S. The second-order valence-electron chi connectivity index (χ2n) is 7.22.